The van der Waals surface area contributed by atoms with Gasteiger partial charge in [-0.05, 0) is 53.5 Å². The van der Waals surface area contributed by atoms with Gasteiger partial charge in [0.1, 0.15) is 6.61 Å². The fourth-order valence-corrected chi connectivity index (χ4v) is 3.67. The average molecular weight is 415 g/mol. The highest BCUT2D eigenvalue weighted by molar-refractivity contribution is 5.93. The first kappa shape index (κ1) is 22.6. The lowest BCUT2D eigenvalue weighted by atomic mass is 9.98. The molecule has 0 aliphatic rings. The quantitative estimate of drug-likeness (QED) is 0.329. The van der Waals surface area contributed by atoms with E-state index in [9.17, 15) is 0 Å². The van der Waals surface area contributed by atoms with Gasteiger partial charge in [0, 0.05) is 5.69 Å². The Kier molecular flexibility index (Phi) is 7.51. The first-order valence-corrected chi connectivity index (χ1v) is 11.1. The molecule has 3 heteroatoms. The molecule has 3 aromatic carbocycles. The van der Waals surface area contributed by atoms with Gasteiger partial charge in [0.05, 0.1) is 5.69 Å². The van der Waals surface area contributed by atoms with Crippen LogP contribution >= 0.6 is 0 Å². The summed E-state index contributed by atoms with van der Waals surface area (Å²) >= 11 is 0. The van der Waals surface area contributed by atoms with E-state index in [1.807, 2.05) is 18.2 Å². The number of nitrogens with zero attached hydrogens (tertiary/aromatic N) is 1. The van der Waals surface area contributed by atoms with E-state index < -0.39 is 0 Å². The SMILES string of the molecule is Cc1cccc(C(C)C)c1N=C(Nc1c(C)cccc1C(C)C)OCc1ccccc1. The van der Waals surface area contributed by atoms with E-state index >= 15 is 0 Å². The predicted molar refractivity (Wildman–Crippen MR) is 132 cm³/mol. The number of ether oxygens (including phenoxy) is 1. The smallest absolute Gasteiger partial charge is 0.294 e. The Morgan fingerprint density at radius 1 is 0.774 bits per heavy atom. The van der Waals surface area contributed by atoms with Gasteiger partial charge >= 0.3 is 0 Å². The summed E-state index contributed by atoms with van der Waals surface area (Å²) in [6.45, 7) is 13.5. The fourth-order valence-electron chi connectivity index (χ4n) is 3.67. The summed E-state index contributed by atoms with van der Waals surface area (Å²) in [6, 6.07) is 23.5. The van der Waals surface area contributed by atoms with Gasteiger partial charge in [-0.15, -0.1) is 0 Å². The Balaban J connectivity index is 2.04. The van der Waals surface area contributed by atoms with Crippen LogP contribution in [0.25, 0.3) is 0 Å². The third-order valence-electron chi connectivity index (χ3n) is 5.48. The molecule has 162 valence electrons. The topological polar surface area (TPSA) is 33.6 Å². The zero-order valence-electron chi connectivity index (χ0n) is 19.6. The minimum absolute atomic E-state index is 0.374. The van der Waals surface area contributed by atoms with E-state index in [4.69, 9.17) is 9.73 Å². The van der Waals surface area contributed by atoms with E-state index in [1.165, 1.54) is 16.7 Å². The highest BCUT2D eigenvalue weighted by Gasteiger charge is 2.15. The van der Waals surface area contributed by atoms with Crippen LogP contribution in [0, 0.1) is 13.8 Å². The molecule has 0 saturated heterocycles. The number of nitrogens with one attached hydrogen (secondary N) is 1. The minimum atomic E-state index is 0.374. The molecule has 0 aliphatic heterocycles. The molecule has 1 N–H and O–H groups in total. The van der Waals surface area contributed by atoms with Crippen molar-refractivity contribution in [3.8, 4) is 0 Å². The van der Waals surface area contributed by atoms with Crippen molar-refractivity contribution in [2.45, 2.75) is 60.0 Å². The molecule has 0 atom stereocenters. The van der Waals surface area contributed by atoms with Gasteiger partial charge in [0.2, 0.25) is 0 Å². The van der Waals surface area contributed by atoms with E-state index in [2.05, 4.69) is 95.4 Å². The number of benzene rings is 3. The molecular weight excluding hydrogens is 380 g/mol. The van der Waals surface area contributed by atoms with Crippen molar-refractivity contribution in [2.24, 2.45) is 4.99 Å². The summed E-state index contributed by atoms with van der Waals surface area (Å²) < 4.78 is 6.25. The first-order chi connectivity index (χ1) is 14.9. The molecule has 3 rings (SSSR count). The van der Waals surface area contributed by atoms with Gasteiger partial charge in [-0.2, -0.15) is 4.99 Å². The van der Waals surface area contributed by atoms with E-state index in [0.29, 0.717) is 24.5 Å². The Bertz CT molecular complexity index is 1040. The normalized spacial score (nSPS) is 11.8. The van der Waals surface area contributed by atoms with Crippen molar-refractivity contribution in [3.05, 3.63) is 94.5 Å². The van der Waals surface area contributed by atoms with Gasteiger partial charge in [-0.3, -0.25) is 0 Å². The van der Waals surface area contributed by atoms with E-state index in [1.54, 1.807) is 0 Å². The predicted octanol–water partition coefficient (Wildman–Crippen LogP) is 7.87. The molecule has 0 unspecified atom stereocenters. The molecule has 0 aromatic heterocycles. The average Bonchev–Trinajstić information content (AvgIpc) is 2.75. The van der Waals surface area contributed by atoms with Crippen molar-refractivity contribution in [1.82, 2.24) is 0 Å². The Morgan fingerprint density at radius 3 is 2.03 bits per heavy atom. The second-order valence-electron chi connectivity index (χ2n) is 8.68. The van der Waals surface area contributed by atoms with Gasteiger partial charge in [-0.25, -0.2) is 0 Å². The second kappa shape index (κ2) is 10.3. The molecule has 0 aliphatic carbocycles. The van der Waals surface area contributed by atoms with Gasteiger partial charge in [0.15, 0.2) is 0 Å². The number of hydrogen-bond acceptors (Lipinski definition) is 2. The number of rotatable bonds is 6. The van der Waals surface area contributed by atoms with Crippen molar-refractivity contribution >= 4 is 17.4 Å². The lowest BCUT2D eigenvalue weighted by molar-refractivity contribution is 0.291. The van der Waals surface area contributed by atoms with Crippen LogP contribution in [0.4, 0.5) is 11.4 Å². The summed E-state index contributed by atoms with van der Waals surface area (Å²) in [6.07, 6.45) is 0. The fraction of sp³-hybridized carbons (Fsp3) is 0.321. The molecule has 3 aromatic rings. The molecular formula is C28H34N2O. The molecule has 3 nitrogen and oxygen atoms in total. The van der Waals surface area contributed by atoms with Gasteiger partial charge in [0.25, 0.3) is 6.02 Å². The molecule has 0 heterocycles. The van der Waals surface area contributed by atoms with E-state index in [0.717, 1.165) is 22.5 Å². The number of amidine groups is 1. The second-order valence-corrected chi connectivity index (χ2v) is 8.68. The number of aliphatic imine (C=N–C) groups is 1. The molecule has 0 fully saturated rings. The summed E-state index contributed by atoms with van der Waals surface area (Å²) in [4.78, 5) is 5.01. The van der Waals surface area contributed by atoms with Crippen LogP contribution in [0.2, 0.25) is 0 Å². The standard InChI is InChI=1S/C28H34N2O/c1-19(2)24-16-10-12-21(5)26(24)29-28(31-18-23-14-8-7-9-15-23)30-27-22(6)13-11-17-25(27)20(3)4/h7-17,19-20H,18H2,1-6H3,(H,29,30). The van der Waals surface area contributed by atoms with Crippen LogP contribution < -0.4 is 5.32 Å². The van der Waals surface area contributed by atoms with Crippen LogP contribution in [-0.2, 0) is 11.3 Å². The van der Waals surface area contributed by atoms with Gasteiger partial charge < -0.3 is 10.1 Å². The number of para-hydroxylation sites is 2. The maximum absolute atomic E-state index is 6.25. The lowest BCUT2D eigenvalue weighted by Crippen LogP contribution is -2.18. The maximum Gasteiger partial charge on any atom is 0.294 e. The molecule has 0 amide bonds. The summed E-state index contributed by atoms with van der Waals surface area (Å²) in [5, 5.41) is 3.54. The first-order valence-electron chi connectivity index (χ1n) is 11.1. The Morgan fingerprint density at radius 2 is 1.39 bits per heavy atom. The van der Waals surface area contributed by atoms with Crippen LogP contribution in [0.1, 0.15) is 67.3 Å². The van der Waals surface area contributed by atoms with Gasteiger partial charge in [-0.1, -0.05) is 94.4 Å². The number of aryl methyl sites for hydroxylation is 2. The van der Waals surface area contributed by atoms with Crippen LogP contribution in [-0.4, -0.2) is 6.02 Å². The summed E-state index contributed by atoms with van der Waals surface area (Å²) in [5.74, 6) is 0.765. The zero-order valence-corrected chi connectivity index (χ0v) is 19.6. The van der Waals surface area contributed by atoms with Crippen LogP contribution in [0.5, 0.6) is 0 Å². The van der Waals surface area contributed by atoms with Crippen molar-refractivity contribution < 1.29 is 4.74 Å². The molecule has 0 radical (unpaired) electrons. The Labute approximate surface area is 187 Å². The maximum atomic E-state index is 6.25. The number of anilines is 1. The zero-order chi connectivity index (χ0) is 22.4. The third kappa shape index (κ3) is 5.75. The minimum Gasteiger partial charge on any atom is -0.460 e. The van der Waals surface area contributed by atoms with Crippen LogP contribution in [0.3, 0.4) is 0 Å². The molecule has 31 heavy (non-hydrogen) atoms. The third-order valence-corrected chi connectivity index (χ3v) is 5.48. The summed E-state index contributed by atoms with van der Waals surface area (Å²) in [7, 11) is 0. The highest BCUT2D eigenvalue weighted by atomic mass is 16.5. The van der Waals surface area contributed by atoms with Crippen molar-refractivity contribution in [1.29, 1.82) is 0 Å². The highest BCUT2D eigenvalue weighted by Crippen LogP contribution is 2.32. The lowest BCUT2D eigenvalue weighted by Gasteiger charge is -2.20. The monoisotopic (exact) mass is 414 g/mol. The molecule has 0 spiro atoms. The molecule has 0 saturated carbocycles. The van der Waals surface area contributed by atoms with E-state index in [-0.39, 0.29) is 0 Å². The van der Waals surface area contributed by atoms with Crippen molar-refractivity contribution in [3.63, 3.8) is 0 Å². The van der Waals surface area contributed by atoms with Crippen LogP contribution in [0.15, 0.2) is 71.7 Å². The largest absolute Gasteiger partial charge is 0.460 e. The number of hydrogen-bond donors (Lipinski definition) is 1. The summed E-state index contributed by atoms with van der Waals surface area (Å²) in [5.41, 5.74) is 7.96. The molecule has 0 bridgehead atoms. The van der Waals surface area contributed by atoms with Crippen molar-refractivity contribution in [2.75, 3.05) is 5.32 Å². The Hall–Kier alpha value is -3.07.